The van der Waals surface area contributed by atoms with Crippen LogP contribution in [0, 0.1) is 11.8 Å². The Morgan fingerprint density at radius 1 is 1.29 bits per heavy atom. The predicted octanol–water partition coefficient (Wildman–Crippen LogP) is 3.31. The Bertz CT molecular complexity index is 254. The van der Waals surface area contributed by atoms with Crippen molar-refractivity contribution in [3.63, 3.8) is 0 Å². The van der Waals surface area contributed by atoms with Crippen molar-refractivity contribution in [1.82, 2.24) is 0 Å². The van der Waals surface area contributed by atoms with Gasteiger partial charge in [0, 0.05) is 5.92 Å². The molecule has 1 aliphatic rings. The van der Waals surface area contributed by atoms with E-state index in [4.69, 9.17) is 0 Å². The Hall–Kier alpha value is -0.560. The summed E-state index contributed by atoms with van der Waals surface area (Å²) in [6, 6.07) is 0. The first kappa shape index (κ1) is 11.5. The second-order valence-electron chi connectivity index (χ2n) is 4.99. The van der Waals surface area contributed by atoms with Crippen molar-refractivity contribution in [3.8, 4) is 0 Å². The molecule has 1 N–H and O–H groups in total. The van der Waals surface area contributed by atoms with E-state index in [1.54, 1.807) is 0 Å². The first-order chi connectivity index (χ1) is 6.38. The normalized spacial score (nSPS) is 38.0. The summed E-state index contributed by atoms with van der Waals surface area (Å²) in [4.78, 5) is 0. The van der Waals surface area contributed by atoms with Gasteiger partial charge < -0.3 is 5.11 Å². The molecule has 0 unspecified atom stereocenters. The number of hydrogen-bond acceptors (Lipinski definition) is 1. The van der Waals surface area contributed by atoms with Crippen LogP contribution in [0.1, 0.15) is 40.0 Å². The van der Waals surface area contributed by atoms with Gasteiger partial charge in [0.25, 0.3) is 0 Å². The zero-order chi connectivity index (χ0) is 10.9. The molecule has 3 atom stereocenters. The topological polar surface area (TPSA) is 20.2 Å². The molecule has 0 heterocycles. The standard InChI is InChI=1S/C13H22O/c1-9(2)12-7-6-11(5)8-13(12,14)10(3)4/h11-12,14H,1,3,6-8H2,2,4-5H3/t11-,12+,13-/m0/s1. The molecule has 0 radical (unpaired) electrons. The Kier molecular flexibility index (Phi) is 3.20. The zero-order valence-corrected chi connectivity index (χ0v) is 9.64. The van der Waals surface area contributed by atoms with Gasteiger partial charge in [0.05, 0.1) is 5.60 Å². The second kappa shape index (κ2) is 3.90. The molecule has 1 aliphatic carbocycles. The molecule has 1 nitrogen and oxygen atoms in total. The van der Waals surface area contributed by atoms with Crippen molar-refractivity contribution in [2.75, 3.05) is 0 Å². The summed E-state index contributed by atoms with van der Waals surface area (Å²) in [6.07, 6.45) is 3.06. The van der Waals surface area contributed by atoms with Gasteiger partial charge in [-0.05, 0) is 44.6 Å². The fraction of sp³-hybridized carbons (Fsp3) is 0.692. The Morgan fingerprint density at radius 2 is 1.86 bits per heavy atom. The highest BCUT2D eigenvalue weighted by Gasteiger charge is 2.42. The number of rotatable bonds is 2. The van der Waals surface area contributed by atoms with Crippen LogP contribution in [0.25, 0.3) is 0 Å². The molecular formula is C13H22O. The van der Waals surface area contributed by atoms with Crippen LogP contribution in [0.3, 0.4) is 0 Å². The average molecular weight is 194 g/mol. The molecule has 0 aliphatic heterocycles. The molecule has 0 aromatic rings. The van der Waals surface area contributed by atoms with Gasteiger partial charge in [0.15, 0.2) is 0 Å². The van der Waals surface area contributed by atoms with Gasteiger partial charge in [-0.15, -0.1) is 0 Å². The molecule has 0 saturated heterocycles. The van der Waals surface area contributed by atoms with Gasteiger partial charge in [0.1, 0.15) is 0 Å². The van der Waals surface area contributed by atoms with E-state index in [0.717, 1.165) is 24.0 Å². The van der Waals surface area contributed by atoms with Crippen LogP contribution in [0.15, 0.2) is 24.3 Å². The summed E-state index contributed by atoms with van der Waals surface area (Å²) < 4.78 is 0. The molecule has 14 heavy (non-hydrogen) atoms. The first-order valence-electron chi connectivity index (χ1n) is 5.41. The van der Waals surface area contributed by atoms with Crippen molar-refractivity contribution < 1.29 is 5.11 Å². The van der Waals surface area contributed by atoms with E-state index in [0.29, 0.717) is 5.92 Å². The summed E-state index contributed by atoms with van der Waals surface area (Å²) in [6.45, 7) is 14.0. The summed E-state index contributed by atoms with van der Waals surface area (Å²) in [7, 11) is 0. The Labute approximate surface area is 87.5 Å². The summed E-state index contributed by atoms with van der Waals surface area (Å²) >= 11 is 0. The Morgan fingerprint density at radius 3 is 2.29 bits per heavy atom. The van der Waals surface area contributed by atoms with Gasteiger partial charge in [-0.1, -0.05) is 25.7 Å². The van der Waals surface area contributed by atoms with Crippen molar-refractivity contribution in [3.05, 3.63) is 24.3 Å². The molecule has 1 fully saturated rings. The van der Waals surface area contributed by atoms with E-state index in [-0.39, 0.29) is 5.92 Å². The second-order valence-corrected chi connectivity index (χ2v) is 4.99. The van der Waals surface area contributed by atoms with Gasteiger partial charge in [-0.25, -0.2) is 0 Å². The summed E-state index contributed by atoms with van der Waals surface area (Å²) in [5.74, 6) is 0.795. The van der Waals surface area contributed by atoms with Gasteiger partial charge in [-0.2, -0.15) is 0 Å². The minimum Gasteiger partial charge on any atom is -0.385 e. The fourth-order valence-corrected chi connectivity index (χ4v) is 2.59. The van der Waals surface area contributed by atoms with Crippen LogP contribution in [-0.4, -0.2) is 10.7 Å². The van der Waals surface area contributed by atoms with Crippen LogP contribution in [0.4, 0.5) is 0 Å². The largest absolute Gasteiger partial charge is 0.385 e. The minimum absolute atomic E-state index is 0.205. The van der Waals surface area contributed by atoms with E-state index in [2.05, 4.69) is 20.1 Å². The van der Waals surface area contributed by atoms with Crippen molar-refractivity contribution in [2.45, 2.75) is 45.6 Å². The van der Waals surface area contributed by atoms with E-state index < -0.39 is 5.60 Å². The maximum absolute atomic E-state index is 10.6. The average Bonchev–Trinajstić information content (AvgIpc) is 2.02. The van der Waals surface area contributed by atoms with Crippen LogP contribution in [0.2, 0.25) is 0 Å². The lowest BCUT2D eigenvalue weighted by Crippen LogP contribution is -2.44. The van der Waals surface area contributed by atoms with Crippen molar-refractivity contribution in [2.24, 2.45) is 11.8 Å². The van der Waals surface area contributed by atoms with Crippen LogP contribution < -0.4 is 0 Å². The first-order valence-corrected chi connectivity index (χ1v) is 5.41. The lowest BCUT2D eigenvalue weighted by atomic mass is 9.66. The molecule has 0 spiro atoms. The maximum Gasteiger partial charge on any atom is 0.0918 e. The molecule has 0 aromatic carbocycles. The van der Waals surface area contributed by atoms with E-state index >= 15 is 0 Å². The number of hydrogen-bond donors (Lipinski definition) is 1. The highest BCUT2D eigenvalue weighted by molar-refractivity contribution is 5.21. The fourth-order valence-electron chi connectivity index (χ4n) is 2.59. The molecule has 80 valence electrons. The van der Waals surface area contributed by atoms with E-state index in [1.165, 1.54) is 6.42 Å². The quantitative estimate of drug-likeness (QED) is 0.669. The van der Waals surface area contributed by atoms with E-state index in [9.17, 15) is 5.11 Å². The highest BCUT2D eigenvalue weighted by atomic mass is 16.3. The van der Waals surface area contributed by atoms with E-state index in [1.807, 2.05) is 13.8 Å². The SMILES string of the molecule is C=C(C)[C@H]1CC[C@H](C)C[C@]1(O)C(=C)C. The third-order valence-electron chi connectivity index (χ3n) is 3.52. The molecule has 0 bridgehead atoms. The third-order valence-corrected chi connectivity index (χ3v) is 3.52. The van der Waals surface area contributed by atoms with Crippen molar-refractivity contribution >= 4 is 0 Å². The molecule has 1 heteroatoms. The monoisotopic (exact) mass is 194 g/mol. The number of aliphatic hydroxyl groups is 1. The van der Waals surface area contributed by atoms with Gasteiger partial charge in [0.2, 0.25) is 0 Å². The predicted molar refractivity (Wildman–Crippen MR) is 61.1 cm³/mol. The summed E-state index contributed by atoms with van der Waals surface area (Å²) in [5.41, 5.74) is 1.27. The van der Waals surface area contributed by atoms with Crippen LogP contribution >= 0.6 is 0 Å². The van der Waals surface area contributed by atoms with Gasteiger partial charge >= 0.3 is 0 Å². The zero-order valence-electron chi connectivity index (χ0n) is 9.64. The smallest absolute Gasteiger partial charge is 0.0918 e. The van der Waals surface area contributed by atoms with Crippen LogP contribution in [0.5, 0.6) is 0 Å². The lowest BCUT2D eigenvalue weighted by Gasteiger charge is -2.43. The lowest BCUT2D eigenvalue weighted by molar-refractivity contribution is -0.0168. The molecule has 1 rings (SSSR count). The van der Waals surface area contributed by atoms with Gasteiger partial charge in [-0.3, -0.25) is 0 Å². The molecular weight excluding hydrogens is 172 g/mol. The Balaban J connectivity index is 2.94. The maximum atomic E-state index is 10.6. The molecule has 0 aromatic heterocycles. The van der Waals surface area contributed by atoms with Crippen LogP contribution in [-0.2, 0) is 0 Å². The third kappa shape index (κ3) is 1.93. The molecule has 0 amide bonds. The minimum atomic E-state index is -0.705. The summed E-state index contributed by atoms with van der Waals surface area (Å²) in [5, 5.41) is 10.6. The highest BCUT2D eigenvalue weighted by Crippen LogP contribution is 2.43. The van der Waals surface area contributed by atoms with Crippen molar-refractivity contribution in [1.29, 1.82) is 0 Å². The molecule has 1 saturated carbocycles.